The minimum absolute atomic E-state index is 0.103. The Kier molecular flexibility index (Phi) is 7.62. The molecule has 2 N–H and O–H groups in total. The summed E-state index contributed by atoms with van der Waals surface area (Å²) < 4.78 is 13.2. The maximum Gasteiger partial charge on any atom is 0.316 e. The molecule has 3 aromatic rings. The third-order valence-electron chi connectivity index (χ3n) is 4.89. The van der Waals surface area contributed by atoms with E-state index in [-0.39, 0.29) is 38.0 Å². The van der Waals surface area contributed by atoms with Gasteiger partial charge in [-0.3, -0.25) is 14.3 Å². The van der Waals surface area contributed by atoms with Crippen molar-refractivity contribution in [3.05, 3.63) is 56.9 Å². The molecule has 0 aliphatic heterocycles. The van der Waals surface area contributed by atoms with Crippen LogP contribution in [0.15, 0.2) is 27.2 Å². The van der Waals surface area contributed by atoms with E-state index < -0.39 is 5.91 Å². The molecule has 0 aliphatic carbocycles. The van der Waals surface area contributed by atoms with Crippen LogP contribution in [0.4, 0.5) is 0 Å². The van der Waals surface area contributed by atoms with Crippen molar-refractivity contribution in [1.82, 2.24) is 30.6 Å². The quantitative estimate of drug-likeness (QED) is 0.428. The number of rotatable bonds is 9. The van der Waals surface area contributed by atoms with Gasteiger partial charge in [0, 0.05) is 13.1 Å². The fraction of sp³-hybridized carbons (Fsp3) is 0.381. The summed E-state index contributed by atoms with van der Waals surface area (Å²) in [6.45, 7) is 8.35. The molecule has 0 saturated carbocycles. The minimum Gasteiger partial charge on any atom is -0.483 e. The molecule has 0 aliphatic rings. The molecule has 10 nitrogen and oxygen atoms in total. The highest BCUT2D eigenvalue weighted by molar-refractivity contribution is 9.10. The molecule has 2 amide bonds. The monoisotopic (exact) mass is 504 g/mol. The van der Waals surface area contributed by atoms with Gasteiger partial charge in [0.05, 0.1) is 15.9 Å². The Labute approximate surface area is 193 Å². The second kappa shape index (κ2) is 10.4. The lowest BCUT2D eigenvalue weighted by atomic mass is 10.1. The van der Waals surface area contributed by atoms with Crippen LogP contribution in [0.3, 0.4) is 0 Å². The molecule has 0 unspecified atom stereocenters. The zero-order valence-corrected chi connectivity index (χ0v) is 19.9. The first kappa shape index (κ1) is 23.5. The van der Waals surface area contributed by atoms with Crippen molar-refractivity contribution < 1.29 is 18.8 Å². The molecular weight excluding hydrogens is 480 g/mol. The van der Waals surface area contributed by atoms with Crippen LogP contribution in [0.5, 0.6) is 5.75 Å². The Bertz CT molecular complexity index is 1120. The van der Waals surface area contributed by atoms with E-state index in [2.05, 4.69) is 41.8 Å². The summed E-state index contributed by atoms with van der Waals surface area (Å²) in [5, 5.41) is 13.5. The van der Waals surface area contributed by atoms with Gasteiger partial charge >= 0.3 is 11.8 Å². The Balaban J connectivity index is 1.40. The van der Waals surface area contributed by atoms with Crippen molar-refractivity contribution in [2.75, 3.05) is 19.7 Å². The number of ether oxygens (including phenoxy) is 1. The van der Waals surface area contributed by atoms with E-state index in [0.717, 1.165) is 27.0 Å². The van der Waals surface area contributed by atoms with E-state index in [1.165, 1.54) is 0 Å². The van der Waals surface area contributed by atoms with Gasteiger partial charge in [-0.1, -0.05) is 17.3 Å². The van der Waals surface area contributed by atoms with Gasteiger partial charge < -0.3 is 19.9 Å². The molecule has 0 fully saturated rings. The van der Waals surface area contributed by atoms with E-state index in [1.54, 1.807) is 4.68 Å². The lowest BCUT2D eigenvalue weighted by molar-refractivity contribution is -0.123. The first-order chi connectivity index (χ1) is 15.3. The normalized spacial score (nSPS) is 10.8. The molecule has 2 aromatic heterocycles. The highest BCUT2D eigenvalue weighted by Gasteiger charge is 2.17. The van der Waals surface area contributed by atoms with Gasteiger partial charge in [0.1, 0.15) is 12.3 Å². The molecule has 2 heterocycles. The molecule has 0 atom stereocenters. The lowest BCUT2D eigenvalue weighted by Gasteiger charge is -2.11. The Hall–Kier alpha value is -3.21. The number of hydrogen-bond donors (Lipinski definition) is 2. The molecule has 11 heteroatoms. The molecule has 0 radical (unpaired) electrons. The van der Waals surface area contributed by atoms with Gasteiger partial charge in [0.25, 0.3) is 5.91 Å². The average Bonchev–Trinajstić information content (AvgIpc) is 3.33. The lowest BCUT2D eigenvalue weighted by Crippen LogP contribution is -2.36. The van der Waals surface area contributed by atoms with Gasteiger partial charge in [0.2, 0.25) is 0 Å². The Morgan fingerprint density at radius 3 is 2.62 bits per heavy atom. The number of amides is 2. The highest BCUT2D eigenvalue weighted by atomic mass is 79.9. The first-order valence-corrected chi connectivity index (χ1v) is 10.8. The molecule has 170 valence electrons. The minimum atomic E-state index is -0.515. The molecule has 1 aromatic carbocycles. The van der Waals surface area contributed by atoms with Crippen LogP contribution in [0.2, 0.25) is 0 Å². The van der Waals surface area contributed by atoms with E-state index in [1.807, 2.05) is 45.9 Å². The maximum atomic E-state index is 12.2. The summed E-state index contributed by atoms with van der Waals surface area (Å²) in [6.07, 6.45) is 0. The molecule has 0 saturated heterocycles. The zero-order chi connectivity index (χ0) is 23.3. The summed E-state index contributed by atoms with van der Waals surface area (Å²) in [4.78, 5) is 28.2. The van der Waals surface area contributed by atoms with Crippen LogP contribution in [-0.4, -0.2) is 51.4 Å². The van der Waals surface area contributed by atoms with Gasteiger partial charge in [-0.15, -0.1) is 0 Å². The number of nitrogens with zero attached hydrogens (tertiary/aromatic N) is 4. The third kappa shape index (κ3) is 5.72. The number of nitrogens with one attached hydrogen (secondary N) is 2. The maximum absolute atomic E-state index is 12.2. The van der Waals surface area contributed by atoms with E-state index in [0.29, 0.717) is 11.6 Å². The number of halogens is 1. The SMILES string of the molecule is Cc1cccc(OCC(=O)NCCNC(=O)c2nc(Cn3nc(C)c(Br)c3C)no2)c1C. The largest absolute Gasteiger partial charge is 0.483 e. The molecule has 32 heavy (non-hydrogen) atoms. The van der Waals surface area contributed by atoms with Crippen molar-refractivity contribution in [2.24, 2.45) is 0 Å². The van der Waals surface area contributed by atoms with Crippen LogP contribution in [0, 0.1) is 27.7 Å². The van der Waals surface area contributed by atoms with E-state index in [9.17, 15) is 9.59 Å². The number of aryl methyl sites for hydroxylation is 2. The second-order valence-corrected chi connectivity index (χ2v) is 8.04. The van der Waals surface area contributed by atoms with Crippen molar-refractivity contribution in [3.8, 4) is 5.75 Å². The van der Waals surface area contributed by atoms with Crippen molar-refractivity contribution in [2.45, 2.75) is 34.2 Å². The topological polar surface area (TPSA) is 124 Å². The predicted molar refractivity (Wildman–Crippen MR) is 120 cm³/mol. The molecule has 3 rings (SSSR count). The van der Waals surface area contributed by atoms with Crippen molar-refractivity contribution in [1.29, 1.82) is 0 Å². The summed E-state index contributed by atoms with van der Waals surface area (Å²) in [5.74, 6) is 0.0688. The molecular formula is C21H25BrN6O4. The van der Waals surface area contributed by atoms with E-state index >= 15 is 0 Å². The number of hydrogen-bond acceptors (Lipinski definition) is 7. The van der Waals surface area contributed by atoms with Crippen LogP contribution in [0.25, 0.3) is 0 Å². The fourth-order valence-corrected chi connectivity index (χ4v) is 3.19. The summed E-state index contributed by atoms with van der Waals surface area (Å²) in [6, 6.07) is 5.68. The average molecular weight is 505 g/mol. The summed E-state index contributed by atoms with van der Waals surface area (Å²) >= 11 is 3.47. The highest BCUT2D eigenvalue weighted by Crippen LogP contribution is 2.21. The zero-order valence-electron chi connectivity index (χ0n) is 18.4. The van der Waals surface area contributed by atoms with Crippen molar-refractivity contribution in [3.63, 3.8) is 0 Å². The Morgan fingerprint density at radius 2 is 1.91 bits per heavy atom. The number of aromatic nitrogens is 4. The standard InChI is InChI=1S/C21H25BrN6O4/c1-12-6-5-7-16(13(12)2)31-11-18(29)23-8-9-24-20(30)21-25-17(27-32-21)10-28-15(4)19(22)14(3)26-28/h5-7H,8-11H2,1-4H3,(H,23,29)(H,24,30). The van der Waals surface area contributed by atoms with Crippen LogP contribution in [0.1, 0.15) is 39.0 Å². The van der Waals surface area contributed by atoms with Crippen molar-refractivity contribution >= 4 is 27.7 Å². The number of benzene rings is 1. The van der Waals surface area contributed by atoms with Gasteiger partial charge in [0.15, 0.2) is 12.4 Å². The van der Waals surface area contributed by atoms with Crippen LogP contribution < -0.4 is 15.4 Å². The number of carbonyl (C=O) groups is 2. The fourth-order valence-electron chi connectivity index (χ4n) is 2.90. The summed E-state index contributed by atoms with van der Waals surface area (Å²) in [7, 11) is 0. The third-order valence-corrected chi connectivity index (χ3v) is 6.04. The van der Waals surface area contributed by atoms with Gasteiger partial charge in [-0.05, 0) is 60.8 Å². The summed E-state index contributed by atoms with van der Waals surface area (Å²) in [5.41, 5.74) is 3.87. The first-order valence-electron chi connectivity index (χ1n) is 10.0. The second-order valence-electron chi connectivity index (χ2n) is 7.25. The Morgan fingerprint density at radius 1 is 1.16 bits per heavy atom. The molecule has 0 bridgehead atoms. The van der Waals surface area contributed by atoms with E-state index in [4.69, 9.17) is 9.26 Å². The number of carbonyl (C=O) groups excluding carboxylic acids is 2. The predicted octanol–water partition coefficient (Wildman–Crippen LogP) is 2.24. The van der Waals surface area contributed by atoms with Gasteiger partial charge in [-0.25, -0.2) is 0 Å². The van der Waals surface area contributed by atoms with Crippen LogP contribution >= 0.6 is 15.9 Å². The van der Waals surface area contributed by atoms with Crippen LogP contribution in [-0.2, 0) is 11.3 Å². The van der Waals surface area contributed by atoms with Gasteiger partial charge in [-0.2, -0.15) is 10.1 Å². The smallest absolute Gasteiger partial charge is 0.316 e. The molecule has 0 spiro atoms.